The van der Waals surface area contributed by atoms with Crippen LogP contribution in [0.1, 0.15) is 41.7 Å². The van der Waals surface area contributed by atoms with Gasteiger partial charge in [-0.3, -0.25) is 4.79 Å². The molecule has 0 spiro atoms. The lowest BCUT2D eigenvalue weighted by molar-refractivity contribution is -0.0325. The van der Waals surface area contributed by atoms with Crippen LogP contribution in [0.3, 0.4) is 0 Å². The third-order valence-corrected chi connectivity index (χ3v) is 5.10. The molecule has 0 saturated carbocycles. The van der Waals surface area contributed by atoms with Crippen molar-refractivity contribution < 1.29 is 23.9 Å². The number of carbonyl (C=O) groups is 2. The number of hydroxylamine groups is 2. The Kier molecular flexibility index (Phi) is 5.21. The van der Waals surface area contributed by atoms with Gasteiger partial charge in [-0.2, -0.15) is 5.10 Å². The number of aldehydes is 1. The molecule has 3 heterocycles. The summed E-state index contributed by atoms with van der Waals surface area (Å²) in [5.74, 6) is 0.455. The Balaban J connectivity index is 1.72. The van der Waals surface area contributed by atoms with Crippen LogP contribution in [0.2, 0.25) is 0 Å². The number of fused-ring (bicyclic) bond motifs is 1. The number of nitrogens with zero attached hydrogens (tertiary/aromatic N) is 5. The van der Waals surface area contributed by atoms with Crippen molar-refractivity contribution in [3.63, 3.8) is 0 Å². The standard InChI is InChI=1S/C20H20FN5O4/c1-2-26(20(28)29)30-17-6-5-14(21)10-15(17)16-4-3-8-24(16)18-7-9-25-19(23-18)13(12-27)11-22-25/h5-7,9-12,16H,2-4,8H2,1H3,(H,28,29). The van der Waals surface area contributed by atoms with E-state index in [1.54, 1.807) is 19.2 Å². The van der Waals surface area contributed by atoms with Crippen molar-refractivity contribution in [2.24, 2.45) is 0 Å². The van der Waals surface area contributed by atoms with E-state index in [0.29, 0.717) is 41.8 Å². The maximum Gasteiger partial charge on any atom is 0.440 e. The predicted molar refractivity (Wildman–Crippen MR) is 105 cm³/mol. The first-order valence-corrected chi connectivity index (χ1v) is 9.56. The van der Waals surface area contributed by atoms with Gasteiger partial charge in [0.2, 0.25) is 0 Å². The van der Waals surface area contributed by atoms with Gasteiger partial charge in [0.05, 0.1) is 24.3 Å². The Morgan fingerprint density at radius 1 is 1.43 bits per heavy atom. The summed E-state index contributed by atoms with van der Waals surface area (Å²) < 4.78 is 15.6. The van der Waals surface area contributed by atoms with E-state index in [9.17, 15) is 19.1 Å². The number of carbonyl (C=O) groups excluding carboxylic acids is 1. The lowest BCUT2D eigenvalue weighted by Gasteiger charge is -2.28. The minimum absolute atomic E-state index is 0.119. The average molecular weight is 413 g/mol. The van der Waals surface area contributed by atoms with Crippen LogP contribution < -0.4 is 9.74 Å². The molecule has 1 unspecified atom stereocenters. The SMILES string of the molecule is CCN(Oc1ccc(F)cc1C1CCCN1c1ccn2ncc(C=O)c2n1)C(=O)O. The van der Waals surface area contributed by atoms with Crippen LogP contribution in [0, 0.1) is 5.82 Å². The number of carboxylic acid groups (broad SMARTS) is 1. The van der Waals surface area contributed by atoms with E-state index in [0.717, 1.165) is 11.5 Å². The Hall–Kier alpha value is -3.69. The molecule has 1 amide bonds. The molecule has 1 saturated heterocycles. The molecule has 0 radical (unpaired) electrons. The second kappa shape index (κ2) is 7.97. The molecule has 2 aromatic heterocycles. The Morgan fingerprint density at radius 3 is 3.00 bits per heavy atom. The van der Waals surface area contributed by atoms with Gasteiger partial charge in [0.15, 0.2) is 17.7 Å². The van der Waals surface area contributed by atoms with Crippen molar-refractivity contribution in [1.29, 1.82) is 0 Å². The first-order valence-electron chi connectivity index (χ1n) is 9.56. The zero-order valence-corrected chi connectivity index (χ0v) is 16.2. The van der Waals surface area contributed by atoms with Gasteiger partial charge in [0, 0.05) is 18.3 Å². The lowest BCUT2D eigenvalue weighted by atomic mass is 10.0. The van der Waals surface area contributed by atoms with Gasteiger partial charge < -0.3 is 14.8 Å². The Labute approximate surface area is 171 Å². The Morgan fingerprint density at radius 2 is 2.27 bits per heavy atom. The highest BCUT2D eigenvalue weighted by molar-refractivity contribution is 5.84. The number of aromatic nitrogens is 3. The van der Waals surface area contributed by atoms with Gasteiger partial charge in [-0.1, -0.05) is 0 Å². The second-order valence-electron chi connectivity index (χ2n) is 6.87. The maximum absolute atomic E-state index is 14.1. The molecule has 1 aromatic carbocycles. The van der Waals surface area contributed by atoms with Crippen LogP contribution in [0.4, 0.5) is 15.0 Å². The van der Waals surface area contributed by atoms with Crippen molar-refractivity contribution in [2.75, 3.05) is 18.0 Å². The summed E-state index contributed by atoms with van der Waals surface area (Å²) in [5.41, 5.74) is 1.35. The molecule has 1 N–H and O–H groups in total. The van der Waals surface area contributed by atoms with Gasteiger partial charge >= 0.3 is 6.09 Å². The first-order chi connectivity index (χ1) is 14.5. The lowest BCUT2D eigenvalue weighted by Crippen LogP contribution is -2.33. The largest absolute Gasteiger partial charge is 0.463 e. The molecule has 0 bridgehead atoms. The van der Waals surface area contributed by atoms with Crippen LogP contribution >= 0.6 is 0 Å². The molecular formula is C20H20FN5O4. The molecule has 1 fully saturated rings. The molecule has 0 aliphatic carbocycles. The monoisotopic (exact) mass is 413 g/mol. The molecule has 4 rings (SSSR count). The third kappa shape index (κ3) is 3.51. The van der Waals surface area contributed by atoms with Crippen LogP contribution in [0.15, 0.2) is 36.7 Å². The van der Waals surface area contributed by atoms with E-state index in [4.69, 9.17) is 4.84 Å². The highest BCUT2D eigenvalue weighted by atomic mass is 19.1. The van der Waals surface area contributed by atoms with Gasteiger partial charge in [0.1, 0.15) is 11.6 Å². The molecule has 30 heavy (non-hydrogen) atoms. The second-order valence-corrected chi connectivity index (χ2v) is 6.87. The third-order valence-electron chi connectivity index (χ3n) is 5.10. The van der Waals surface area contributed by atoms with E-state index in [-0.39, 0.29) is 18.3 Å². The summed E-state index contributed by atoms with van der Waals surface area (Å²) in [5, 5.41) is 14.2. The van der Waals surface area contributed by atoms with Crippen LogP contribution in [-0.2, 0) is 0 Å². The molecule has 9 nitrogen and oxygen atoms in total. The van der Waals surface area contributed by atoms with Gasteiger partial charge in [0.25, 0.3) is 0 Å². The fourth-order valence-corrected chi connectivity index (χ4v) is 3.70. The molecule has 1 aliphatic rings. The number of rotatable bonds is 6. The summed E-state index contributed by atoms with van der Waals surface area (Å²) in [6, 6.07) is 5.55. The van der Waals surface area contributed by atoms with Crippen LogP contribution in [0.25, 0.3) is 5.65 Å². The minimum Gasteiger partial charge on any atom is -0.463 e. The number of hydrogen-bond acceptors (Lipinski definition) is 6. The number of benzene rings is 1. The van der Waals surface area contributed by atoms with Gasteiger partial charge in [-0.15, -0.1) is 5.06 Å². The summed E-state index contributed by atoms with van der Waals surface area (Å²) in [6.45, 7) is 2.44. The average Bonchev–Trinajstić information content (AvgIpc) is 3.38. The van der Waals surface area contributed by atoms with Crippen molar-refractivity contribution >= 4 is 23.8 Å². The highest BCUT2D eigenvalue weighted by Gasteiger charge is 2.31. The maximum atomic E-state index is 14.1. The molecule has 3 aromatic rings. The minimum atomic E-state index is -1.23. The van der Waals surface area contributed by atoms with E-state index in [2.05, 4.69) is 10.1 Å². The van der Waals surface area contributed by atoms with Crippen LogP contribution in [0.5, 0.6) is 5.75 Å². The van der Waals surface area contributed by atoms with Gasteiger partial charge in [-0.05, 0) is 44.0 Å². The zero-order chi connectivity index (χ0) is 21.3. The van der Waals surface area contributed by atoms with E-state index < -0.39 is 11.9 Å². The zero-order valence-electron chi connectivity index (χ0n) is 16.2. The quantitative estimate of drug-likeness (QED) is 0.489. The van der Waals surface area contributed by atoms with E-state index >= 15 is 0 Å². The summed E-state index contributed by atoms with van der Waals surface area (Å²) >= 11 is 0. The predicted octanol–water partition coefficient (Wildman–Crippen LogP) is 3.32. The van der Waals surface area contributed by atoms with Crippen molar-refractivity contribution in [3.8, 4) is 5.75 Å². The summed E-state index contributed by atoms with van der Waals surface area (Å²) in [6.07, 6.45) is 4.18. The fraction of sp³-hybridized carbons (Fsp3) is 0.300. The van der Waals surface area contributed by atoms with Crippen molar-refractivity contribution in [2.45, 2.75) is 25.8 Å². The molecule has 1 atom stereocenters. The first kappa shape index (κ1) is 19.6. The number of amides is 1. The highest BCUT2D eigenvalue weighted by Crippen LogP contribution is 2.40. The van der Waals surface area contributed by atoms with Crippen LogP contribution in [-0.4, -0.2) is 50.2 Å². The molecule has 10 heteroatoms. The molecule has 156 valence electrons. The molecular weight excluding hydrogens is 393 g/mol. The summed E-state index contributed by atoms with van der Waals surface area (Å²) in [7, 11) is 0. The van der Waals surface area contributed by atoms with Crippen molar-refractivity contribution in [1.82, 2.24) is 19.7 Å². The topological polar surface area (TPSA) is 100 Å². The van der Waals surface area contributed by atoms with E-state index in [1.807, 2.05) is 4.90 Å². The fourth-order valence-electron chi connectivity index (χ4n) is 3.70. The number of anilines is 1. The van der Waals surface area contributed by atoms with Crippen molar-refractivity contribution in [3.05, 3.63) is 53.6 Å². The normalized spacial score (nSPS) is 16.1. The smallest absolute Gasteiger partial charge is 0.440 e. The van der Waals surface area contributed by atoms with Gasteiger partial charge in [-0.25, -0.2) is 18.7 Å². The number of hydrogen-bond donors (Lipinski definition) is 1. The Bertz CT molecular complexity index is 1100. The summed E-state index contributed by atoms with van der Waals surface area (Å²) in [4.78, 5) is 34.7. The molecule has 1 aliphatic heterocycles. The van der Waals surface area contributed by atoms with E-state index in [1.165, 1.54) is 28.9 Å². The number of halogens is 1.